The summed E-state index contributed by atoms with van der Waals surface area (Å²) in [6.45, 7) is 11.2. The fraction of sp³-hybridized carbons (Fsp3) is 0.129. The minimum atomic E-state index is -4.60. The third kappa shape index (κ3) is 6.22. The van der Waals surface area contributed by atoms with Gasteiger partial charge in [-0.3, -0.25) is 0 Å². The summed E-state index contributed by atoms with van der Waals surface area (Å²) in [6, 6.07) is 55.3. The molecule has 70 heavy (non-hydrogen) atoms. The second-order valence-electron chi connectivity index (χ2n) is 19.6. The van der Waals surface area contributed by atoms with Crippen LogP contribution in [0.3, 0.4) is 0 Å². The van der Waals surface area contributed by atoms with Gasteiger partial charge in [-0.15, -0.1) is 11.3 Å². The number of alkyl halides is 3. The Kier molecular flexibility index (Phi) is 9.12. The number of aromatic nitrogens is 2. The Hall–Kier alpha value is -7.81. The monoisotopic (exact) mass is 936 g/mol. The molecule has 0 fully saturated rings. The van der Waals surface area contributed by atoms with Crippen LogP contribution < -0.4 is 9.47 Å². The highest BCUT2D eigenvalue weighted by atomic mass is 32.1. The lowest BCUT2D eigenvalue weighted by molar-refractivity contribution is -0.138. The highest BCUT2D eigenvalue weighted by Crippen LogP contribution is 2.58. The van der Waals surface area contributed by atoms with Crippen LogP contribution in [0, 0.1) is 6.92 Å². The molecule has 0 atom stereocenters. The summed E-state index contributed by atoms with van der Waals surface area (Å²) < 4.78 is 55.5. The summed E-state index contributed by atoms with van der Waals surface area (Å²) in [5.41, 5.74) is 14.8. The van der Waals surface area contributed by atoms with Crippen LogP contribution in [0.25, 0.3) is 86.7 Å². The number of fused-ring (bicyclic) bond motifs is 13. The van der Waals surface area contributed by atoms with E-state index in [1.165, 1.54) is 56.6 Å². The van der Waals surface area contributed by atoms with Crippen LogP contribution in [0.15, 0.2) is 170 Å². The van der Waals surface area contributed by atoms with Crippen LogP contribution >= 0.6 is 11.3 Å². The van der Waals surface area contributed by atoms with Crippen molar-refractivity contribution < 1.29 is 22.6 Å². The molecule has 0 bridgehead atoms. The second-order valence-corrected chi connectivity index (χ2v) is 20.6. The van der Waals surface area contributed by atoms with Gasteiger partial charge in [0.2, 0.25) is 0 Å². The van der Waals surface area contributed by atoms with Crippen molar-refractivity contribution in [2.24, 2.45) is 0 Å². The molecule has 8 heteroatoms. The number of thiophene rings is 1. The molecule has 0 radical (unpaired) electrons. The van der Waals surface area contributed by atoms with Crippen LogP contribution in [-0.4, -0.2) is 9.97 Å². The largest absolute Gasteiger partial charge is 0.457 e. The standard InChI is InChI=1S/C62H43F3N2O2S/c1-34-16-6-12-26-50(34)68-35-28-30-37-43(32-35)44-33-36(69-51-27-13-11-23-47(51)62(63,64)65)29-31-38(44)55-54(37)66-56-57(67-55)59(42-20-15-25-49-53(42)40-18-8-10-22-46(40)61(49,4)5)70-58(56)41-19-14-24-48-52(41)39-17-7-9-21-45(39)60(48,2)3/h6-33H,1-5H3. The maximum absolute atomic E-state index is 14.3. The van der Waals surface area contributed by atoms with Crippen LogP contribution in [-0.2, 0) is 17.0 Å². The van der Waals surface area contributed by atoms with Gasteiger partial charge in [-0.1, -0.05) is 143 Å². The fourth-order valence-electron chi connectivity index (χ4n) is 11.3. The molecule has 4 nitrogen and oxygen atoms in total. The molecule has 13 rings (SSSR count). The molecule has 0 aliphatic heterocycles. The van der Waals surface area contributed by atoms with Crippen molar-refractivity contribution in [3.8, 4) is 66.1 Å². The van der Waals surface area contributed by atoms with Gasteiger partial charge < -0.3 is 9.47 Å². The minimum Gasteiger partial charge on any atom is -0.457 e. The molecule has 11 aromatic rings. The summed E-state index contributed by atoms with van der Waals surface area (Å²) in [6.07, 6.45) is -4.60. The van der Waals surface area contributed by atoms with E-state index in [1.54, 1.807) is 23.5 Å². The Bertz CT molecular complexity index is 4040. The molecule has 340 valence electrons. The molecule has 0 amide bonds. The Morgan fingerprint density at radius 1 is 0.429 bits per heavy atom. The average Bonchev–Trinajstić information content (AvgIpc) is 3.93. The van der Waals surface area contributed by atoms with E-state index >= 15 is 0 Å². The van der Waals surface area contributed by atoms with Gasteiger partial charge in [0, 0.05) is 32.7 Å². The number of halogens is 3. The number of nitrogens with zero attached hydrogens (tertiary/aromatic N) is 2. The van der Waals surface area contributed by atoms with Gasteiger partial charge in [0.1, 0.15) is 34.0 Å². The normalized spacial score (nSPS) is 14.2. The number of para-hydroxylation sites is 2. The first kappa shape index (κ1) is 42.3. The summed E-state index contributed by atoms with van der Waals surface area (Å²) >= 11 is 1.74. The van der Waals surface area contributed by atoms with Crippen molar-refractivity contribution in [3.63, 3.8) is 0 Å². The van der Waals surface area contributed by atoms with E-state index < -0.39 is 11.7 Å². The number of aryl methyl sites for hydroxylation is 1. The molecule has 0 spiro atoms. The van der Waals surface area contributed by atoms with Crippen molar-refractivity contribution >= 4 is 54.9 Å². The Labute approximate surface area is 406 Å². The zero-order valence-electron chi connectivity index (χ0n) is 38.9. The molecule has 0 saturated carbocycles. The number of hydrogen-bond donors (Lipinski definition) is 0. The lowest BCUT2D eigenvalue weighted by Gasteiger charge is -2.21. The van der Waals surface area contributed by atoms with Crippen LogP contribution in [0.4, 0.5) is 13.2 Å². The van der Waals surface area contributed by atoms with E-state index in [4.69, 9.17) is 19.4 Å². The number of benzene rings is 9. The Balaban J connectivity index is 1.12. The summed E-state index contributed by atoms with van der Waals surface area (Å²) in [7, 11) is 0. The topological polar surface area (TPSA) is 44.2 Å². The lowest BCUT2D eigenvalue weighted by Crippen LogP contribution is -2.14. The maximum atomic E-state index is 14.3. The van der Waals surface area contributed by atoms with Crippen molar-refractivity contribution in [3.05, 3.63) is 203 Å². The van der Waals surface area contributed by atoms with Gasteiger partial charge in [0.05, 0.1) is 26.4 Å². The number of rotatable bonds is 6. The van der Waals surface area contributed by atoms with E-state index in [1.807, 2.05) is 61.5 Å². The molecule has 9 aromatic carbocycles. The Morgan fingerprint density at radius 2 is 0.857 bits per heavy atom. The number of ether oxygens (including phenoxy) is 2. The average molecular weight is 937 g/mol. The van der Waals surface area contributed by atoms with Gasteiger partial charge in [-0.05, 0) is 122 Å². The van der Waals surface area contributed by atoms with Gasteiger partial charge >= 0.3 is 6.18 Å². The zero-order chi connectivity index (χ0) is 47.8. The smallest absolute Gasteiger partial charge is 0.419 e. The predicted octanol–water partition coefficient (Wildman–Crippen LogP) is 18.0. The van der Waals surface area contributed by atoms with Crippen LogP contribution in [0.2, 0.25) is 0 Å². The number of hydrogen-bond acceptors (Lipinski definition) is 5. The van der Waals surface area contributed by atoms with Crippen molar-refractivity contribution in [2.75, 3.05) is 0 Å². The van der Waals surface area contributed by atoms with Gasteiger partial charge in [-0.2, -0.15) is 13.2 Å². The maximum Gasteiger partial charge on any atom is 0.419 e. The molecule has 0 unspecified atom stereocenters. The first-order valence-electron chi connectivity index (χ1n) is 23.5. The molecule has 2 aliphatic rings. The summed E-state index contributed by atoms with van der Waals surface area (Å²) in [5.74, 6) is 1.30. The lowest BCUT2D eigenvalue weighted by atomic mass is 9.82. The van der Waals surface area contributed by atoms with Crippen LogP contribution in [0.1, 0.15) is 61.1 Å². The summed E-state index contributed by atoms with van der Waals surface area (Å²) in [4.78, 5) is 13.6. The van der Waals surface area contributed by atoms with Crippen molar-refractivity contribution in [2.45, 2.75) is 51.6 Å². The Morgan fingerprint density at radius 3 is 1.37 bits per heavy atom. The van der Waals surface area contributed by atoms with Gasteiger partial charge in [0.15, 0.2) is 0 Å². The predicted molar refractivity (Wildman–Crippen MR) is 279 cm³/mol. The second kappa shape index (κ2) is 15.1. The molecule has 2 aliphatic carbocycles. The zero-order valence-corrected chi connectivity index (χ0v) is 39.7. The van der Waals surface area contributed by atoms with Crippen LogP contribution in [0.5, 0.6) is 23.0 Å². The molecule has 0 N–H and O–H groups in total. The molecular weight excluding hydrogens is 894 g/mol. The highest BCUT2D eigenvalue weighted by molar-refractivity contribution is 7.21. The third-order valence-corrected chi connectivity index (χ3v) is 16.0. The quantitative estimate of drug-likeness (QED) is 0.156. The molecule has 2 aromatic heterocycles. The molecule has 0 saturated heterocycles. The van der Waals surface area contributed by atoms with E-state index in [2.05, 4.69) is 113 Å². The van der Waals surface area contributed by atoms with Gasteiger partial charge in [-0.25, -0.2) is 9.97 Å². The third-order valence-electron chi connectivity index (χ3n) is 14.8. The van der Waals surface area contributed by atoms with E-state index in [0.717, 1.165) is 70.8 Å². The fourth-order valence-corrected chi connectivity index (χ4v) is 12.6. The van der Waals surface area contributed by atoms with E-state index in [9.17, 15) is 13.2 Å². The summed E-state index contributed by atoms with van der Waals surface area (Å²) in [5, 5.41) is 3.13. The molecular formula is C62H43F3N2O2S. The van der Waals surface area contributed by atoms with E-state index in [0.29, 0.717) is 16.8 Å². The molecule has 2 heterocycles. The minimum absolute atomic E-state index is 0.212. The van der Waals surface area contributed by atoms with Crippen molar-refractivity contribution in [1.29, 1.82) is 0 Å². The van der Waals surface area contributed by atoms with E-state index in [-0.39, 0.29) is 22.3 Å². The highest BCUT2D eigenvalue weighted by Gasteiger charge is 2.40. The van der Waals surface area contributed by atoms with Gasteiger partial charge in [0.25, 0.3) is 0 Å². The first-order chi connectivity index (χ1) is 33.8. The first-order valence-corrected chi connectivity index (χ1v) is 24.3. The van der Waals surface area contributed by atoms with Crippen molar-refractivity contribution in [1.82, 2.24) is 9.97 Å². The SMILES string of the molecule is Cc1ccccc1Oc1ccc2c(c1)c1cc(Oc3ccccc3C(F)(F)F)ccc1c1nc3c(-c4cccc5c4-c4ccccc4C5(C)C)sc(-c4cccc5c4-c4ccccc4C5(C)C)c3nc21.